The number of fused-ring (bicyclic) bond motifs is 1. The van der Waals surface area contributed by atoms with Crippen LogP contribution in [0.15, 0.2) is 0 Å². The van der Waals surface area contributed by atoms with Gasteiger partial charge in [0.1, 0.15) is 3.91 Å². The molecule has 2 rings (SSSR count). The first-order chi connectivity index (χ1) is 2.60. The minimum atomic E-state index is -1.85. The maximum absolute atomic E-state index is 10.9. The monoisotopic (exact) mass is 138 g/mol. The molecule has 0 amide bonds. The molecule has 1 nitrogen and oxygen atoms in total. The maximum Gasteiger partial charge on any atom is 0.218 e. The molecular weight excluding hydrogens is 135 g/mol. The zero-order valence-corrected chi connectivity index (χ0v) is 5.66. The molecule has 34 valence electrons. The van der Waals surface area contributed by atoms with Gasteiger partial charge in [-0.15, -0.1) is 0 Å². The lowest BCUT2D eigenvalue weighted by atomic mass is 10.8. The Kier molecular flexibility index (Phi) is 0.363. The average molecular weight is 138 g/mol. The highest BCUT2D eigenvalue weighted by atomic mass is 33.7. The second kappa shape index (κ2) is 0.564. The van der Waals surface area contributed by atoms with Crippen LogP contribution in [0.1, 0.15) is 0 Å². The number of rotatable bonds is 0. The fraction of sp³-hybridized carbons (Fsp3) is 1.00. The smallest absolute Gasteiger partial charge is 0.218 e. The third-order valence-corrected chi connectivity index (χ3v) is 13.0. The van der Waals surface area contributed by atoms with Crippen molar-refractivity contribution in [1.29, 1.82) is 0 Å². The van der Waals surface area contributed by atoms with Crippen molar-refractivity contribution >= 4 is 35.7 Å². The Morgan fingerprint density at radius 2 is 1.83 bits per heavy atom. The molecule has 0 bridgehead atoms. The van der Waals surface area contributed by atoms with E-state index < -0.39 is 6.98 Å². The van der Waals surface area contributed by atoms with Crippen LogP contribution in [0.25, 0.3) is 0 Å². The lowest BCUT2D eigenvalue weighted by Gasteiger charge is -1.90. The first kappa shape index (κ1) is 3.86. The van der Waals surface area contributed by atoms with Crippen molar-refractivity contribution in [1.82, 2.24) is 0 Å². The van der Waals surface area contributed by atoms with Gasteiger partial charge < -0.3 is 0 Å². The standard InChI is InChI=1S/CH3BOS3/c2-6(3)1(4-6)5-6/h1H,2H2. The SMILES string of the molecule is BS12(=O)SC1S2. The van der Waals surface area contributed by atoms with Crippen molar-refractivity contribution in [3.05, 3.63) is 0 Å². The average Bonchev–Trinajstić information content (AvgIpc) is 1.77. The molecule has 2 aliphatic heterocycles. The van der Waals surface area contributed by atoms with Crippen molar-refractivity contribution in [3.63, 3.8) is 0 Å². The van der Waals surface area contributed by atoms with Gasteiger partial charge >= 0.3 is 0 Å². The molecule has 2 heterocycles. The van der Waals surface area contributed by atoms with Crippen molar-refractivity contribution in [2.75, 3.05) is 0 Å². The highest BCUT2D eigenvalue weighted by Crippen LogP contribution is 2.92. The van der Waals surface area contributed by atoms with E-state index >= 15 is 0 Å². The topological polar surface area (TPSA) is 17.1 Å². The van der Waals surface area contributed by atoms with Gasteiger partial charge in [-0.1, -0.05) is 21.6 Å². The summed E-state index contributed by atoms with van der Waals surface area (Å²) in [5, 5.41) is 0. The second-order valence-corrected chi connectivity index (χ2v) is 13.6. The first-order valence-corrected chi connectivity index (χ1v) is 6.85. The molecule has 0 atom stereocenters. The Bertz CT molecular complexity index is 164. The van der Waals surface area contributed by atoms with Crippen LogP contribution >= 0.6 is 21.6 Å². The van der Waals surface area contributed by atoms with Gasteiger partial charge in [0.2, 0.25) is 7.12 Å². The Hall–Kier alpha value is 0.915. The van der Waals surface area contributed by atoms with E-state index in [0.717, 1.165) is 0 Å². The first-order valence-electron chi connectivity index (χ1n) is 1.62. The third kappa shape index (κ3) is 0.263. The second-order valence-electron chi connectivity index (χ2n) is 1.71. The fourth-order valence-electron chi connectivity index (χ4n) is 0.338. The summed E-state index contributed by atoms with van der Waals surface area (Å²) in [6.45, 7) is -1.85. The Balaban J connectivity index is 2.71. The normalized spacial score (nSPS) is 60.0. The van der Waals surface area contributed by atoms with Crippen LogP contribution in [0.5, 0.6) is 0 Å². The molecule has 0 unspecified atom stereocenters. The number of hydrogen-bond acceptors (Lipinski definition) is 3. The summed E-state index contributed by atoms with van der Waals surface area (Å²) in [6, 6.07) is 0. The molecule has 0 aromatic carbocycles. The van der Waals surface area contributed by atoms with E-state index in [4.69, 9.17) is 0 Å². The molecule has 0 aliphatic carbocycles. The summed E-state index contributed by atoms with van der Waals surface area (Å²) < 4.78 is 11.4. The molecule has 0 aromatic heterocycles. The molecule has 5 heteroatoms. The van der Waals surface area contributed by atoms with Crippen LogP contribution in [-0.4, -0.2) is 15.2 Å². The van der Waals surface area contributed by atoms with Crippen LogP contribution in [-0.2, 0) is 6.98 Å². The zero-order valence-electron chi connectivity index (χ0n) is 3.21. The van der Waals surface area contributed by atoms with E-state index in [0.29, 0.717) is 3.91 Å². The highest BCUT2D eigenvalue weighted by molar-refractivity contribution is 9.49. The molecule has 0 radical (unpaired) electrons. The lowest BCUT2D eigenvalue weighted by molar-refractivity contribution is 0.693. The van der Waals surface area contributed by atoms with E-state index in [1.807, 2.05) is 7.12 Å². The van der Waals surface area contributed by atoms with Gasteiger partial charge in [-0.05, 0) is 6.98 Å². The summed E-state index contributed by atoms with van der Waals surface area (Å²) in [5.41, 5.74) is 0. The summed E-state index contributed by atoms with van der Waals surface area (Å²) >= 11 is 0. The largest absolute Gasteiger partial charge is 0.271 e. The van der Waals surface area contributed by atoms with Crippen molar-refractivity contribution in [3.8, 4) is 0 Å². The van der Waals surface area contributed by atoms with E-state index in [2.05, 4.69) is 0 Å². The van der Waals surface area contributed by atoms with E-state index in [-0.39, 0.29) is 0 Å². The number of hydrogen-bond donors (Lipinski definition) is 0. The van der Waals surface area contributed by atoms with Gasteiger partial charge in [-0.2, -0.15) is 0 Å². The Labute approximate surface area is 44.1 Å². The summed E-state index contributed by atoms with van der Waals surface area (Å²) in [6.07, 6.45) is 0. The van der Waals surface area contributed by atoms with Crippen LogP contribution < -0.4 is 0 Å². The van der Waals surface area contributed by atoms with E-state index in [1.165, 1.54) is 0 Å². The summed E-state index contributed by atoms with van der Waals surface area (Å²) in [7, 11) is 5.15. The molecule has 0 aromatic rings. The highest BCUT2D eigenvalue weighted by Gasteiger charge is 2.77. The van der Waals surface area contributed by atoms with Crippen LogP contribution in [0, 0.1) is 0 Å². The fourth-order valence-corrected chi connectivity index (χ4v) is 10.9. The predicted octanol–water partition coefficient (Wildman–Crippen LogP) is -0.0382. The van der Waals surface area contributed by atoms with Gasteiger partial charge in [-0.25, -0.2) is 0 Å². The van der Waals surface area contributed by atoms with Crippen molar-refractivity contribution in [2.24, 2.45) is 0 Å². The maximum atomic E-state index is 10.9. The minimum Gasteiger partial charge on any atom is -0.271 e. The van der Waals surface area contributed by atoms with Crippen molar-refractivity contribution in [2.45, 2.75) is 3.91 Å². The van der Waals surface area contributed by atoms with E-state index in [9.17, 15) is 4.21 Å². The molecule has 2 aliphatic rings. The summed E-state index contributed by atoms with van der Waals surface area (Å²) in [5.74, 6) is 0. The molecule has 0 spiro atoms. The van der Waals surface area contributed by atoms with Gasteiger partial charge in [0.05, 0.1) is 0 Å². The lowest BCUT2D eigenvalue weighted by Crippen LogP contribution is -1.85. The zero-order chi connectivity index (χ0) is 4.44. The Morgan fingerprint density at radius 1 is 1.67 bits per heavy atom. The molecule has 0 N–H and O–H groups in total. The third-order valence-electron chi connectivity index (χ3n) is 0.970. The van der Waals surface area contributed by atoms with Gasteiger partial charge in [-0.3, -0.25) is 4.21 Å². The van der Waals surface area contributed by atoms with Gasteiger partial charge in [0.25, 0.3) is 0 Å². The van der Waals surface area contributed by atoms with Crippen LogP contribution in [0.2, 0.25) is 0 Å². The van der Waals surface area contributed by atoms with Crippen LogP contribution in [0.4, 0.5) is 0 Å². The summed E-state index contributed by atoms with van der Waals surface area (Å²) in [4.78, 5) is 0. The molecule has 2 saturated heterocycles. The predicted molar refractivity (Wildman–Crippen MR) is 35.7 cm³/mol. The molecule has 2 fully saturated rings. The van der Waals surface area contributed by atoms with Crippen LogP contribution in [0.3, 0.4) is 0 Å². The molecule has 6 heavy (non-hydrogen) atoms. The Morgan fingerprint density at radius 3 is 1.83 bits per heavy atom. The molecular formula is CH3BOS3. The minimum absolute atomic E-state index is 0.530. The quantitative estimate of drug-likeness (QED) is 0.265. The van der Waals surface area contributed by atoms with Crippen molar-refractivity contribution < 1.29 is 4.21 Å². The van der Waals surface area contributed by atoms with Gasteiger partial charge in [0.15, 0.2) is 0 Å². The van der Waals surface area contributed by atoms with Gasteiger partial charge in [0, 0.05) is 0 Å². The van der Waals surface area contributed by atoms with E-state index in [1.54, 1.807) is 21.6 Å². The molecule has 0 saturated carbocycles.